The summed E-state index contributed by atoms with van der Waals surface area (Å²) < 4.78 is 27.5. The van der Waals surface area contributed by atoms with Crippen molar-refractivity contribution in [3.8, 4) is 0 Å². The van der Waals surface area contributed by atoms with Crippen molar-refractivity contribution in [1.82, 2.24) is 4.72 Å². The molecule has 0 amide bonds. The van der Waals surface area contributed by atoms with Crippen molar-refractivity contribution in [2.75, 3.05) is 5.33 Å². The molecule has 0 spiro atoms. The number of hydrogen-bond acceptors (Lipinski definition) is 3. The number of sulfonamides is 1. The van der Waals surface area contributed by atoms with Gasteiger partial charge in [-0.2, -0.15) is 0 Å². The van der Waals surface area contributed by atoms with Crippen LogP contribution in [0.3, 0.4) is 0 Å². The van der Waals surface area contributed by atoms with Crippen molar-refractivity contribution in [2.45, 2.75) is 36.9 Å². The van der Waals surface area contributed by atoms with Crippen LogP contribution >= 0.6 is 38.9 Å². The van der Waals surface area contributed by atoms with Crippen molar-refractivity contribution in [3.63, 3.8) is 0 Å². The predicted octanol–water partition coefficient (Wildman–Crippen LogP) is 3.55. The molecule has 0 aliphatic heterocycles. The van der Waals surface area contributed by atoms with Crippen LogP contribution in [0.1, 0.15) is 25.3 Å². The summed E-state index contributed by atoms with van der Waals surface area (Å²) in [6.07, 6.45) is 1.75. The molecule has 0 aliphatic carbocycles. The van der Waals surface area contributed by atoms with Crippen LogP contribution < -0.4 is 4.72 Å². The standard InChI is InChI=1S/C10H15BrClNO2S2/c1-7-6-9(16-10(7)12)17(14,15)13-8(2)4-3-5-11/h6,8,13H,3-5H2,1-2H3. The molecule has 1 heterocycles. The van der Waals surface area contributed by atoms with E-state index in [4.69, 9.17) is 11.6 Å². The zero-order chi connectivity index (χ0) is 13.1. The summed E-state index contributed by atoms with van der Waals surface area (Å²) in [6.45, 7) is 3.66. The van der Waals surface area contributed by atoms with Crippen LogP contribution in [0.5, 0.6) is 0 Å². The van der Waals surface area contributed by atoms with Gasteiger partial charge >= 0.3 is 0 Å². The maximum absolute atomic E-state index is 12.0. The SMILES string of the molecule is Cc1cc(S(=O)(=O)NC(C)CCCBr)sc1Cl. The third-order valence-corrected chi connectivity index (χ3v) is 6.41. The molecule has 1 N–H and O–H groups in total. The van der Waals surface area contributed by atoms with Gasteiger partial charge in [0.25, 0.3) is 0 Å². The van der Waals surface area contributed by atoms with E-state index in [-0.39, 0.29) is 10.3 Å². The molecular weight excluding hydrogens is 346 g/mol. The number of alkyl halides is 1. The highest BCUT2D eigenvalue weighted by atomic mass is 79.9. The maximum atomic E-state index is 12.0. The highest BCUT2D eigenvalue weighted by Gasteiger charge is 2.20. The van der Waals surface area contributed by atoms with Crippen molar-refractivity contribution >= 4 is 48.9 Å². The van der Waals surface area contributed by atoms with Gasteiger partial charge in [0.2, 0.25) is 10.0 Å². The second-order valence-electron chi connectivity index (χ2n) is 3.88. The topological polar surface area (TPSA) is 46.2 Å². The van der Waals surface area contributed by atoms with Gasteiger partial charge in [0.05, 0.1) is 4.34 Å². The van der Waals surface area contributed by atoms with Crippen molar-refractivity contribution in [3.05, 3.63) is 16.0 Å². The van der Waals surface area contributed by atoms with E-state index in [0.29, 0.717) is 4.34 Å². The van der Waals surface area contributed by atoms with Gasteiger partial charge < -0.3 is 0 Å². The molecule has 7 heteroatoms. The van der Waals surface area contributed by atoms with E-state index < -0.39 is 10.0 Å². The third-order valence-electron chi connectivity index (χ3n) is 2.23. The first-order valence-corrected chi connectivity index (χ1v) is 9.01. The molecule has 1 unspecified atom stereocenters. The Balaban J connectivity index is 2.75. The molecule has 0 radical (unpaired) electrons. The molecular formula is C10H15BrClNO2S2. The lowest BCUT2D eigenvalue weighted by Crippen LogP contribution is -2.32. The predicted molar refractivity (Wildman–Crippen MR) is 76.9 cm³/mol. The summed E-state index contributed by atoms with van der Waals surface area (Å²) in [4.78, 5) is 0. The summed E-state index contributed by atoms with van der Waals surface area (Å²) in [5.74, 6) is 0. The number of rotatable bonds is 6. The summed E-state index contributed by atoms with van der Waals surface area (Å²) in [5, 5.41) is 0.878. The number of hydrogen-bond donors (Lipinski definition) is 1. The van der Waals surface area contributed by atoms with Gasteiger partial charge in [-0.05, 0) is 38.3 Å². The second kappa shape index (κ2) is 6.52. The molecule has 0 bridgehead atoms. The third kappa shape index (κ3) is 4.52. The molecule has 0 aliphatic rings. The van der Waals surface area contributed by atoms with Crippen LogP contribution in [0.2, 0.25) is 4.34 Å². The fraction of sp³-hybridized carbons (Fsp3) is 0.600. The van der Waals surface area contributed by atoms with E-state index >= 15 is 0 Å². The van der Waals surface area contributed by atoms with Crippen LogP contribution in [-0.4, -0.2) is 19.8 Å². The van der Waals surface area contributed by atoms with E-state index in [9.17, 15) is 8.42 Å². The van der Waals surface area contributed by atoms with Gasteiger partial charge in [-0.25, -0.2) is 13.1 Å². The smallest absolute Gasteiger partial charge is 0.208 e. The van der Waals surface area contributed by atoms with Crippen LogP contribution in [0.15, 0.2) is 10.3 Å². The highest BCUT2D eigenvalue weighted by Crippen LogP contribution is 2.30. The fourth-order valence-electron chi connectivity index (χ4n) is 1.33. The lowest BCUT2D eigenvalue weighted by atomic mass is 10.2. The normalized spacial score (nSPS) is 13.9. The van der Waals surface area contributed by atoms with Gasteiger partial charge in [0.15, 0.2) is 0 Å². The lowest BCUT2D eigenvalue weighted by Gasteiger charge is -2.12. The lowest BCUT2D eigenvalue weighted by molar-refractivity contribution is 0.547. The Labute approximate surface area is 120 Å². The minimum Gasteiger partial charge on any atom is -0.208 e. The summed E-state index contributed by atoms with van der Waals surface area (Å²) in [7, 11) is -3.42. The molecule has 1 rings (SSSR count). The van der Waals surface area contributed by atoms with Crippen molar-refractivity contribution in [2.24, 2.45) is 0 Å². The molecule has 0 saturated carbocycles. The van der Waals surface area contributed by atoms with Gasteiger partial charge in [0, 0.05) is 11.4 Å². The van der Waals surface area contributed by atoms with Gasteiger partial charge in [-0.3, -0.25) is 0 Å². The molecule has 0 saturated heterocycles. The first-order chi connectivity index (χ1) is 7.86. The van der Waals surface area contributed by atoms with Crippen LogP contribution in [0, 0.1) is 6.92 Å². The van der Waals surface area contributed by atoms with Crippen LogP contribution in [-0.2, 0) is 10.0 Å². The Morgan fingerprint density at radius 3 is 2.71 bits per heavy atom. The van der Waals surface area contributed by atoms with Gasteiger partial charge in [-0.15, -0.1) is 11.3 Å². The maximum Gasteiger partial charge on any atom is 0.250 e. The monoisotopic (exact) mass is 359 g/mol. The quantitative estimate of drug-likeness (QED) is 0.789. The molecule has 17 heavy (non-hydrogen) atoms. The average molecular weight is 361 g/mol. The van der Waals surface area contributed by atoms with E-state index in [2.05, 4.69) is 20.7 Å². The Hall–Kier alpha value is 0.380. The van der Waals surface area contributed by atoms with Crippen molar-refractivity contribution in [1.29, 1.82) is 0 Å². The highest BCUT2D eigenvalue weighted by molar-refractivity contribution is 9.09. The largest absolute Gasteiger partial charge is 0.250 e. The molecule has 3 nitrogen and oxygen atoms in total. The average Bonchev–Trinajstić information content (AvgIpc) is 2.56. The molecule has 98 valence electrons. The zero-order valence-electron chi connectivity index (χ0n) is 9.66. The van der Waals surface area contributed by atoms with Crippen LogP contribution in [0.4, 0.5) is 0 Å². The number of halogens is 2. The summed E-state index contributed by atoms with van der Waals surface area (Å²) in [6, 6.07) is 1.53. The summed E-state index contributed by atoms with van der Waals surface area (Å²) in [5.41, 5.74) is 0.796. The number of aryl methyl sites for hydroxylation is 1. The minimum atomic E-state index is -3.42. The molecule has 1 aromatic heterocycles. The fourth-order valence-corrected chi connectivity index (χ4v) is 4.66. The first-order valence-electron chi connectivity index (χ1n) is 5.21. The molecule has 0 fully saturated rings. The van der Waals surface area contributed by atoms with E-state index in [1.807, 2.05) is 6.92 Å². The van der Waals surface area contributed by atoms with E-state index in [1.54, 1.807) is 13.0 Å². The first kappa shape index (κ1) is 15.4. The Morgan fingerprint density at radius 1 is 1.59 bits per heavy atom. The van der Waals surface area contributed by atoms with E-state index in [0.717, 1.165) is 35.1 Å². The van der Waals surface area contributed by atoms with Crippen LogP contribution in [0.25, 0.3) is 0 Å². The Morgan fingerprint density at radius 2 is 2.24 bits per heavy atom. The van der Waals surface area contributed by atoms with Gasteiger partial charge in [-0.1, -0.05) is 27.5 Å². The Bertz CT molecular complexity index is 453. The Kier molecular flexibility index (Phi) is 5.92. The molecule has 1 aromatic rings. The second-order valence-corrected chi connectivity index (χ2v) is 8.26. The van der Waals surface area contributed by atoms with E-state index in [1.165, 1.54) is 0 Å². The number of thiophene rings is 1. The zero-order valence-corrected chi connectivity index (χ0v) is 13.6. The minimum absolute atomic E-state index is 0.0706. The molecule has 1 atom stereocenters. The molecule has 0 aromatic carbocycles. The summed E-state index contributed by atoms with van der Waals surface area (Å²) >= 11 is 10.3. The van der Waals surface area contributed by atoms with Gasteiger partial charge in [0.1, 0.15) is 4.21 Å². The van der Waals surface area contributed by atoms with Crippen molar-refractivity contribution < 1.29 is 8.42 Å². The number of nitrogens with one attached hydrogen (secondary N) is 1.